The molecule has 3 atom stereocenters. The largest absolute Gasteiger partial charge is 0.362 e. The Balaban J connectivity index is 1.54. The van der Waals surface area contributed by atoms with E-state index in [9.17, 15) is 0 Å². The van der Waals surface area contributed by atoms with Crippen LogP contribution in [0.15, 0.2) is 35.3 Å². The Morgan fingerprint density at radius 3 is 2.84 bits per heavy atom. The molecule has 1 N–H and O–H groups in total. The van der Waals surface area contributed by atoms with E-state index >= 15 is 0 Å². The van der Waals surface area contributed by atoms with Crippen LogP contribution in [0.1, 0.15) is 43.4 Å². The summed E-state index contributed by atoms with van der Waals surface area (Å²) in [5.74, 6) is 0.864. The maximum absolute atomic E-state index is 4.68. The quantitative estimate of drug-likeness (QED) is 0.881. The molecule has 2 nitrogen and oxygen atoms in total. The zero-order valence-electron chi connectivity index (χ0n) is 11.5. The van der Waals surface area contributed by atoms with Gasteiger partial charge >= 0.3 is 0 Å². The molecule has 102 valence electrons. The van der Waals surface area contributed by atoms with Crippen LogP contribution in [-0.4, -0.2) is 17.8 Å². The monoisotopic (exact) mass is 274 g/mol. The van der Waals surface area contributed by atoms with E-state index in [1.165, 1.54) is 31.2 Å². The molecule has 1 aromatic rings. The van der Waals surface area contributed by atoms with Crippen molar-refractivity contribution in [1.82, 2.24) is 5.32 Å². The summed E-state index contributed by atoms with van der Waals surface area (Å²) in [7, 11) is 0. The molecule has 1 fully saturated rings. The summed E-state index contributed by atoms with van der Waals surface area (Å²) < 4.78 is 0. The van der Waals surface area contributed by atoms with E-state index in [2.05, 4.69) is 47.6 Å². The first kappa shape index (κ1) is 13.0. The van der Waals surface area contributed by atoms with Crippen molar-refractivity contribution in [3.8, 4) is 0 Å². The minimum atomic E-state index is 0.504. The lowest BCUT2D eigenvalue weighted by Crippen LogP contribution is -2.36. The molecule has 1 aliphatic carbocycles. The van der Waals surface area contributed by atoms with Crippen molar-refractivity contribution < 1.29 is 0 Å². The van der Waals surface area contributed by atoms with Crippen molar-refractivity contribution in [1.29, 1.82) is 0 Å². The summed E-state index contributed by atoms with van der Waals surface area (Å²) in [5, 5.41) is 5.33. The van der Waals surface area contributed by atoms with Crippen molar-refractivity contribution in [2.75, 3.05) is 6.54 Å². The first-order valence-corrected chi connectivity index (χ1v) is 8.22. The molecular weight excluding hydrogens is 252 g/mol. The van der Waals surface area contributed by atoms with Crippen LogP contribution in [0.4, 0.5) is 0 Å². The Hall–Kier alpha value is -0.960. The first-order valence-electron chi connectivity index (χ1n) is 7.34. The van der Waals surface area contributed by atoms with E-state index in [1.54, 1.807) is 0 Å². The molecular formula is C16H22N2S. The maximum atomic E-state index is 4.68. The Kier molecular flexibility index (Phi) is 4.12. The molecule has 1 saturated carbocycles. The third kappa shape index (κ3) is 3.33. The molecule has 0 bridgehead atoms. The lowest BCUT2D eigenvalue weighted by molar-refractivity contribution is 0.327. The number of amidine groups is 1. The second-order valence-electron chi connectivity index (χ2n) is 5.78. The van der Waals surface area contributed by atoms with Crippen LogP contribution in [-0.2, 0) is 0 Å². The second-order valence-corrected chi connectivity index (χ2v) is 6.97. The summed E-state index contributed by atoms with van der Waals surface area (Å²) in [6.45, 7) is 3.28. The fourth-order valence-corrected chi connectivity index (χ4v) is 4.13. The predicted octanol–water partition coefficient (Wildman–Crippen LogP) is 4.00. The highest BCUT2D eigenvalue weighted by atomic mass is 32.2. The van der Waals surface area contributed by atoms with E-state index in [4.69, 9.17) is 0 Å². The minimum absolute atomic E-state index is 0.504. The van der Waals surface area contributed by atoms with Crippen molar-refractivity contribution in [3.05, 3.63) is 35.9 Å². The van der Waals surface area contributed by atoms with E-state index in [1.807, 2.05) is 11.8 Å². The van der Waals surface area contributed by atoms with Gasteiger partial charge in [-0.1, -0.05) is 61.9 Å². The molecule has 19 heavy (non-hydrogen) atoms. The molecule has 3 rings (SSSR count). The smallest absolute Gasteiger partial charge is 0.157 e. The fourth-order valence-electron chi connectivity index (χ4n) is 3.04. The number of hydrogen-bond acceptors (Lipinski definition) is 3. The van der Waals surface area contributed by atoms with Crippen molar-refractivity contribution in [3.63, 3.8) is 0 Å². The Morgan fingerprint density at radius 2 is 2.05 bits per heavy atom. The van der Waals surface area contributed by atoms with Gasteiger partial charge in [0.1, 0.15) is 0 Å². The summed E-state index contributed by atoms with van der Waals surface area (Å²) in [5.41, 5.74) is 1.39. The van der Waals surface area contributed by atoms with Gasteiger partial charge in [-0.05, 0) is 24.3 Å². The molecule has 0 aromatic heterocycles. The van der Waals surface area contributed by atoms with Gasteiger partial charge in [-0.15, -0.1) is 0 Å². The molecule has 1 aliphatic heterocycles. The summed E-state index contributed by atoms with van der Waals surface area (Å²) in [6.07, 6.45) is 5.36. The normalized spacial score (nSPS) is 31.0. The SMILES string of the molecule is CC1CCCC(NC2=NCC(c3ccccc3)S2)C1. The van der Waals surface area contributed by atoms with Crippen LogP contribution in [0, 0.1) is 5.92 Å². The number of benzene rings is 1. The number of hydrogen-bond donors (Lipinski definition) is 1. The predicted molar refractivity (Wildman–Crippen MR) is 83.6 cm³/mol. The van der Waals surface area contributed by atoms with Gasteiger partial charge in [0.05, 0.1) is 11.8 Å². The van der Waals surface area contributed by atoms with Crippen LogP contribution in [0.5, 0.6) is 0 Å². The zero-order chi connectivity index (χ0) is 13.1. The molecule has 0 saturated heterocycles. The Labute approximate surface area is 120 Å². The van der Waals surface area contributed by atoms with Crippen molar-refractivity contribution >= 4 is 16.9 Å². The highest BCUT2D eigenvalue weighted by Gasteiger charge is 2.25. The molecule has 0 spiro atoms. The standard InChI is InChI=1S/C16H22N2S/c1-12-6-5-9-14(10-12)18-16-17-11-15(19-16)13-7-3-2-4-8-13/h2-4,7-8,12,14-15H,5-6,9-11H2,1H3,(H,17,18). The molecule has 0 radical (unpaired) electrons. The maximum Gasteiger partial charge on any atom is 0.157 e. The van der Waals surface area contributed by atoms with E-state index in [0.717, 1.165) is 17.6 Å². The van der Waals surface area contributed by atoms with Crippen LogP contribution < -0.4 is 5.32 Å². The third-order valence-electron chi connectivity index (χ3n) is 4.09. The van der Waals surface area contributed by atoms with Gasteiger partial charge in [-0.2, -0.15) is 0 Å². The van der Waals surface area contributed by atoms with Crippen LogP contribution >= 0.6 is 11.8 Å². The molecule has 2 aliphatic rings. The molecule has 1 heterocycles. The number of nitrogens with zero attached hydrogens (tertiary/aromatic N) is 1. The topological polar surface area (TPSA) is 24.4 Å². The molecule has 3 unspecified atom stereocenters. The van der Waals surface area contributed by atoms with Crippen molar-refractivity contribution in [2.24, 2.45) is 10.9 Å². The van der Waals surface area contributed by atoms with Crippen LogP contribution in [0.3, 0.4) is 0 Å². The number of aliphatic imine (C=N–C) groups is 1. The van der Waals surface area contributed by atoms with Gasteiger partial charge in [0, 0.05) is 6.04 Å². The van der Waals surface area contributed by atoms with Gasteiger partial charge in [0.25, 0.3) is 0 Å². The highest BCUT2D eigenvalue weighted by Crippen LogP contribution is 2.35. The van der Waals surface area contributed by atoms with E-state index < -0.39 is 0 Å². The molecule has 1 aromatic carbocycles. The summed E-state index contributed by atoms with van der Waals surface area (Å²) >= 11 is 1.90. The summed E-state index contributed by atoms with van der Waals surface area (Å²) in [4.78, 5) is 4.68. The Bertz CT molecular complexity index is 443. The average molecular weight is 274 g/mol. The third-order valence-corrected chi connectivity index (χ3v) is 5.27. The summed E-state index contributed by atoms with van der Waals surface area (Å²) in [6, 6.07) is 11.4. The van der Waals surface area contributed by atoms with Gasteiger partial charge in [0.2, 0.25) is 0 Å². The highest BCUT2D eigenvalue weighted by molar-refractivity contribution is 8.14. The molecule has 3 heteroatoms. The van der Waals surface area contributed by atoms with Gasteiger partial charge in [-0.3, -0.25) is 4.99 Å². The van der Waals surface area contributed by atoms with Gasteiger partial charge < -0.3 is 5.32 Å². The lowest BCUT2D eigenvalue weighted by atomic mass is 9.87. The fraction of sp³-hybridized carbons (Fsp3) is 0.562. The van der Waals surface area contributed by atoms with E-state index in [-0.39, 0.29) is 0 Å². The lowest BCUT2D eigenvalue weighted by Gasteiger charge is -2.28. The minimum Gasteiger partial charge on any atom is -0.362 e. The number of nitrogens with one attached hydrogen (secondary N) is 1. The van der Waals surface area contributed by atoms with Crippen LogP contribution in [0.2, 0.25) is 0 Å². The second kappa shape index (κ2) is 6.00. The molecule has 0 amide bonds. The van der Waals surface area contributed by atoms with Gasteiger partial charge in [-0.25, -0.2) is 0 Å². The van der Waals surface area contributed by atoms with Gasteiger partial charge in [0.15, 0.2) is 5.17 Å². The zero-order valence-corrected chi connectivity index (χ0v) is 12.3. The first-order chi connectivity index (χ1) is 9.31. The number of thioether (sulfide) groups is 1. The van der Waals surface area contributed by atoms with Crippen molar-refractivity contribution in [2.45, 2.75) is 43.9 Å². The Morgan fingerprint density at radius 1 is 1.21 bits per heavy atom. The number of rotatable bonds is 2. The average Bonchev–Trinajstić information content (AvgIpc) is 2.88. The van der Waals surface area contributed by atoms with Crippen LogP contribution in [0.25, 0.3) is 0 Å². The van der Waals surface area contributed by atoms with E-state index in [0.29, 0.717) is 11.3 Å².